The first-order chi connectivity index (χ1) is 8.72. The Kier molecular flexibility index (Phi) is 7.81. The molecule has 1 aromatic carbocycles. The van der Waals surface area contributed by atoms with Crippen LogP contribution in [0.15, 0.2) is 24.3 Å². The zero-order valence-electron chi connectivity index (χ0n) is 10.9. The molecule has 102 valence electrons. The van der Waals surface area contributed by atoms with Crippen LogP contribution in [0, 0.1) is 0 Å². The van der Waals surface area contributed by atoms with Gasteiger partial charge in [0, 0.05) is 17.7 Å². The molecule has 1 rings (SSSR count). The Bertz CT molecular complexity index is 316. The summed E-state index contributed by atoms with van der Waals surface area (Å²) in [7, 11) is 0. The molecule has 2 N–H and O–H groups in total. The summed E-state index contributed by atoms with van der Waals surface area (Å²) in [6.07, 6.45) is 2.92. The van der Waals surface area contributed by atoms with E-state index in [1.165, 1.54) is 0 Å². The molecule has 0 saturated heterocycles. The lowest BCUT2D eigenvalue weighted by Gasteiger charge is -2.09. The molecule has 0 aromatic heterocycles. The Labute approximate surface area is 114 Å². The highest BCUT2D eigenvalue weighted by Crippen LogP contribution is 2.15. The van der Waals surface area contributed by atoms with Crippen molar-refractivity contribution in [1.82, 2.24) is 0 Å². The van der Waals surface area contributed by atoms with Gasteiger partial charge >= 0.3 is 0 Å². The van der Waals surface area contributed by atoms with E-state index in [1.807, 2.05) is 24.3 Å². The van der Waals surface area contributed by atoms with Crippen molar-refractivity contribution >= 4 is 11.6 Å². The SMILES string of the molecule is CCC(N)COCCCCOc1ccc(Cl)cc1. The second-order valence-electron chi connectivity index (χ2n) is 4.25. The van der Waals surface area contributed by atoms with Crippen molar-refractivity contribution < 1.29 is 9.47 Å². The number of hydrogen-bond acceptors (Lipinski definition) is 3. The molecule has 0 amide bonds. The number of rotatable bonds is 9. The van der Waals surface area contributed by atoms with Gasteiger partial charge in [-0.2, -0.15) is 0 Å². The predicted molar refractivity (Wildman–Crippen MR) is 75.3 cm³/mol. The Morgan fingerprint density at radius 3 is 2.50 bits per heavy atom. The normalized spacial score (nSPS) is 12.4. The van der Waals surface area contributed by atoms with E-state index in [0.29, 0.717) is 13.2 Å². The third kappa shape index (κ3) is 6.84. The smallest absolute Gasteiger partial charge is 0.119 e. The summed E-state index contributed by atoms with van der Waals surface area (Å²) >= 11 is 5.79. The zero-order valence-corrected chi connectivity index (χ0v) is 11.7. The van der Waals surface area contributed by atoms with Crippen molar-refractivity contribution in [2.24, 2.45) is 5.73 Å². The Balaban J connectivity index is 1.97. The summed E-state index contributed by atoms with van der Waals surface area (Å²) in [5, 5.41) is 0.725. The number of nitrogens with two attached hydrogens (primary N) is 1. The van der Waals surface area contributed by atoms with Gasteiger partial charge in [0.05, 0.1) is 13.2 Å². The van der Waals surface area contributed by atoms with Gasteiger partial charge in [0.1, 0.15) is 5.75 Å². The second-order valence-corrected chi connectivity index (χ2v) is 4.69. The van der Waals surface area contributed by atoms with E-state index >= 15 is 0 Å². The van der Waals surface area contributed by atoms with Crippen molar-refractivity contribution in [2.45, 2.75) is 32.2 Å². The quantitative estimate of drug-likeness (QED) is 0.701. The largest absolute Gasteiger partial charge is 0.494 e. The van der Waals surface area contributed by atoms with Crippen molar-refractivity contribution in [3.05, 3.63) is 29.3 Å². The van der Waals surface area contributed by atoms with E-state index in [1.54, 1.807) is 0 Å². The van der Waals surface area contributed by atoms with E-state index in [9.17, 15) is 0 Å². The third-order valence-electron chi connectivity index (χ3n) is 2.62. The maximum atomic E-state index is 5.79. The Morgan fingerprint density at radius 2 is 1.83 bits per heavy atom. The summed E-state index contributed by atoms with van der Waals surface area (Å²) in [6, 6.07) is 7.56. The summed E-state index contributed by atoms with van der Waals surface area (Å²) < 4.78 is 11.0. The van der Waals surface area contributed by atoms with Crippen molar-refractivity contribution in [2.75, 3.05) is 19.8 Å². The molecule has 18 heavy (non-hydrogen) atoms. The van der Waals surface area contributed by atoms with Gasteiger partial charge in [-0.1, -0.05) is 18.5 Å². The standard InChI is InChI=1S/C14H22ClNO2/c1-2-13(16)11-17-9-3-4-10-18-14-7-5-12(15)6-8-14/h5-8,13H,2-4,9-11,16H2,1H3. The highest BCUT2D eigenvalue weighted by molar-refractivity contribution is 6.30. The lowest BCUT2D eigenvalue weighted by Crippen LogP contribution is -2.25. The molecular weight excluding hydrogens is 250 g/mol. The summed E-state index contributed by atoms with van der Waals surface area (Å²) in [6.45, 7) is 4.16. The first-order valence-electron chi connectivity index (χ1n) is 6.44. The molecule has 4 heteroatoms. The maximum Gasteiger partial charge on any atom is 0.119 e. The molecule has 1 aromatic rings. The summed E-state index contributed by atoms with van der Waals surface area (Å²) in [5.41, 5.74) is 5.74. The molecule has 0 bridgehead atoms. The molecule has 0 aliphatic carbocycles. The van der Waals surface area contributed by atoms with Gasteiger partial charge in [-0.3, -0.25) is 0 Å². The van der Waals surface area contributed by atoms with Gasteiger partial charge in [-0.05, 0) is 43.5 Å². The van der Waals surface area contributed by atoms with Crippen LogP contribution in [-0.4, -0.2) is 25.9 Å². The maximum absolute atomic E-state index is 5.79. The lowest BCUT2D eigenvalue weighted by atomic mass is 10.2. The minimum atomic E-state index is 0.162. The van der Waals surface area contributed by atoms with Crippen molar-refractivity contribution in [3.8, 4) is 5.75 Å². The first-order valence-corrected chi connectivity index (χ1v) is 6.82. The Hall–Kier alpha value is -0.770. The monoisotopic (exact) mass is 271 g/mol. The molecule has 3 nitrogen and oxygen atoms in total. The topological polar surface area (TPSA) is 44.5 Å². The third-order valence-corrected chi connectivity index (χ3v) is 2.87. The minimum Gasteiger partial charge on any atom is -0.494 e. The van der Waals surface area contributed by atoms with Crippen LogP contribution in [0.3, 0.4) is 0 Å². The van der Waals surface area contributed by atoms with Gasteiger partial charge in [-0.25, -0.2) is 0 Å². The van der Waals surface area contributed by atoms with Crippen LogP contribution in [0.2, 0.25) is 5.02 Å². The molecular formula is C14H22ClNO2. The number of hydrogen-bond donors (Lipinski definition) is 1. The highest BCUT2D eigenvalue weighted by atomic mass is 35.5. The molecule has 0 fully saturated rings. The van der Waals surface area contributed by atoms with Crippen LogP contribution >= 0.6 is 11.6 Å². The molecule has 0 saturated carbocycles. The van der Waals surface area contributed by atoms with Crippen molar-refractivity contribution in [1.29, 1.82) is 0 Å². The molecule has 0 aliphatic rings. The van der Waals surface area contributed by atoms with Crippen LogP contribution in [0.4, 0.5) is 0 Å². The zero-order chi connectivity index (χ0) is 13.2. The molecule has 0 radical (unpaired) electrons. The van der Waals surface area contributed by atoms with E-state index in [0.717, 1.165) is 36.6 Å². The van der Waals surface area contributed by atoms with E-state index in [-0.39, 0.29) is 6.04 Å². The molecule has 0 heterocycles. The summed E-state index contributed by atoms with van der Waals surface area (Å²) in [4.78, 5) is 0. The van der Waals surface area contributed by atoms with E-state index in [4.69, 9.17) is 26.8 Å². The van der Waals surface area contributed by atoms with Gasteiger partial charge in [0.15, 0.2) is 0 Å². The molecule has 0 aliphatic heterocycles. The first kappa shape index (κ1) is 15.3. The van der Waals surface area contributed by atoms with Gasteiger partial charge < -0.3 is 15.2 Å². The van der Waals surface area contributed by atoms with Gasteiger partial charge in [0.2, 0.25) is 0 Å². The van der Waals surface area contributed by atoms with Gasteiger partial charge in [0.25, 0.3) is 0 Å². The van der Waals surface area contributed by atoms with Crippen LogP contribution in [0.5, 0.6) is 5.75 Å². The number of ether oxygens (including phenoxy) is 2. The number of unbranched alkanes of at least 4 members (excludes halogenated alkanes) is 1. The van der Waals surface area contributed by atoms with Crippen LogP contribution < -0.4 is 10.5 Å². The fraction of sp³-hybridized carbons (Fsp3) is 0.571. The lowest BCUT2D eigenvalue weighted by molar-refractivity contribution is 0.113. The Morgan fingerprint density at radius 1 is 1.17 bits per heavy atom. The average molecular weight is 272 g/mol. The predicted octanol–water partition coefficient (Wildman–Crippen LogP) is 3.25. The summed E-state index contributed by atoms with van der Waals surface area (Å²) in [5.74, 6) is 0.855. The van der Waals surface area contributed by atoms with E-state index < -0.39 is 0 Å². The van der Waals surface area contributed by atoms with E-state index in [2.05, 4.69) is 6.92 Å². The number of benzene rings is 1. The van der Waals surface area contributed by atoms with Crippen LogP contribution in [0.1, 0.15) is 26.2 Å². The fourth-order valence-electron chi connectivity index (χ4n) is 1.38. The molecule has 1 unspecified atom stereocenters. The molecule has 1 atom stereocenters. The van der Waals surface area contributed by atoms with Crippen molar-refractivity contribution in [3.63, 3.8) is 0 Å². The average Bonchev–Trinajstić information content (AvgIpc) is 2.39. The van der Waals surface area contributed by atoms with Gasteiger partial charge in [-0.15, -0.1) is 0 Å². The fourth-order valence-corrected chi connectivity index (χ4v) is 1.51. The minimum absolute atomic E-state index is 0.162. The number of halogens is 1. The second kappa shape index (κ2) is 9.20. The van der Waals surface area contributed by atoms with Crippen LogP contribution in [-0.2, 0) is 4.74 Å². The highest BCUT2D eigenvalue weighted by Gasteiger charge is 1.98. The van der Waals surface area contributed by atoms with Crippen LogP contribution in [0.25, 0.3) is 0 Å². The molecule has 0 spiro atoms.